The molecule has 2 amide bonds. The molecular formula is C30H31N5O3S. The van der Waals surface area contributed by atoms with Crippen molar-refractivity contribution in [2.24, 2.45) is 0 Å². The zero-order valence-corrected chi connectivity index (χ0v) is 23.3. The summed E-state index contributed by atoms with van der Waals surface area (Å²) < 4.78 is 5.53. The number of fused-ring (bicyclic) bond motifs is 1. The molecule has 0 fully saturated rings. The van der Waals surface area contributed by atoms with E-state index in [0.717, 1.165) is 45.2 Å². The third-order valence-corrected chi connectivity index (χ3v) is 7.09. The lowest BCUT2D eigenvalue weighted by molar-refractivity contribution is 0.0224. The minimum absolute atomic E-state index is 0.213. The van der Waals surface area contributed by atoms with E-state index < -0.39 is 5.60 Å². The second-order valence-electron chi connectivity index (χ2n) is 10.5. The molecule has 5 rings (SSSR count). The number of carbonyl (C=O) groups excluding carboxylic acids is 2. The molecule has 0 saturated carbocycles. The number of anilines is 3. The third kappa shape index (κ3) is 6.43. The van der Waals surface area contributed by atoms with Crippen molar-refractivity contribution in [3.8, 4) is 11.3 Å². The number of carbonyl (C=O) groups is 2. The molecule has 0 radical (unpaired) electrons. The van der Waals surface area contributed by atoms with E-state index in [1.807, 2.05) is 81.6 Å². The van der Waals surface area contributed by atoms with Crippen LogP contribution in [0.15, 0.2) is 66.3 Å². The lowest BCUT2D eigenvalue weighted by Gasteiger charge is -2.31. The van der Waals surface area contributed by atoms with E-state index in [4.69, 9.17) is 4.74 Å². The molecule has 0 aliphatic carbocycles. The Balaban J connectivity index is 1.27. The first-order chi connectivity index (χ1) is 18.6. The maximum Gasteiger partial charge on any atom is 0.410 e. The number of nitrogens with one attached hydrogen (secondary N) is 2. The van der Waals surface area contributed by atoms with Gasteiger partial charge in [-0.2, -0.15) is 0 Å². The van der Waals surface area contributed by atoms with Gasteiger partial charge in [0.05, 0.1) is 5.69 Å². The van der Waals surface area contributed by atoms with Crippen molar-refractivity contribution in [1.29, 1.82) is 0 Å². The highest BCUT2D eigenvalue weighted by molar-refractivity contribution is 7.14. The molecule has 200 valence electrons. The fraction of sp³-hybridized carbons (Fsp3) is 0.267. The first-order valence-electron chi connectivity index (χ1n) is 12.8. The number of aromatic nitrogens is 2. The number of aryl methyl sites for hydroxylation is 1. The summed E-state index contributed by atoms with van der Waals surface area (Å²) >= 11 is 1.51. The van der Waals surface area contributed by atoms with Crippen molar-refractivity contribution in [2.75, 3.05) is 17.2 Å². The standard InChI is InChI=1S/C30H31N5O3S/c1-19-7-10-24(15-25(19)33-28-34-26(18-39-28)22-6-5-12-31-16-22)32-27(36)21-9-8-20-11-13-35(17-23(20)14-21)29(37)38-30(2,3)4/h5-10,12,14-16,18H,11,13,17H2,1-4H3,(H,32,36)(H,33,34). The predicted octanol–water partition coefficient (Wildman–Crippen LogP) is 6.80. The average Bonchev–Trinajstić information content (AvgIpc) is 3.38. The van der Waals surface area contributed by atoms with Crippen LogP contribution in [0.25, 0.3) is 11.3 Å². The zero-order chi connectivity index (χ0) is 27.6. The lowest BCUT2D eigenvalue weighted by atomic mass is 9.97. The van der Waals surface area contributed by atoms with Gasteiger partial charge in [-0.05, 0) is 87.2 Å². The Kier molecular flexibility index (Phi) is 7.34. The molecule has 2 aromatic carbocycles. The number of ether oxygens (including phenoxy) is 1. The number of amides is 2. The van der Waals surface area contributed by atoms with Gasteiger partial charge in [-0.25, -0.2) is 9.78 Å². The van der Waals surface area contributed by atoms with Gasteiger partial charge < -0.3 is 20.3 Å². The summed E-state index contributed by atoms with van der Waals surface area (Å²) in [6.07, 6.45) is 3.91. The number of hydrogen-bond donors (Lipinski definition) is 2. The molecule has 39 heavy (non-hydrogen) atoms. The molecule has 0 saturated heterocycles. The largest absolute Gasteiger partial charge is 0.444 e. The molecule has 2 N–H and O–H groups in total. The summed E-state index contributed by atoms with van der Waals surface area (Å²) in [7, 11) is 0. The Bertz CT molecular complexity index is 1510. The van der Waals surface area contributed by atoms with Crippen LogP contribution in [0.1, 0.15) is 47.8 Å². The van der Waals surface area contributed by atoms with Crippen molar-refractivity contribution < 1.29 is 14.3 Å². The van der Waals surface area contributed by atoms with Crippen LogP contribution in [0.4, 0.5) is 21.3 Å². The lowest BCUT2D eigenvalue weighted by Crippen LogP contribution is -2.40. The summed E-state index contributed by atoms with van der Waals surface area (Å²) in [5.74, 6) is -0.213. The van der Waals surface area contributed by atoms with Gasteiger partial charge >= 0.3 is 6.09 Å². The molecule has 1 aliphatic rings. The Morgan fingerprint density at radius 3 is 2.69 bits per heavy atom. The second kappa shape index (κ2) is 10.9. The van der Waals surface area contributed by atoms with Gasteiger partial charge in [0.1, 0.15) is 5.60 Å². The topological polar surface area (TPSA) is 96.5 Å². The highest BCUT2D eigenvalue weighted by Crippen LogP contribution is 2.30. The number of nitrogens with zero attached hydrogens (tertiary/aromatic N) is 3. The van der Waals surface area contributed by atoms with Gasteiger partial charge in [0.25, 0.3) is 5.91 Å². The number of hydrogen-bond acceptors (Lipinski definition) is 7. The van der Waals surface area contributed by atoms with E-state index in [2.05, 4.69) is 20.6 Å². The highest BCUT2D eigenvalue weighted by Gasteiger charge is 2.26. The van der Waals surface area contributed by atoms with Crippen LogP contribution in [0.5, 0.6) is 0 Å². The van der Waals surface area contributed by atoms with Crippen LogP contribution < -0.4 is 10.6 Å². The van der Waals surface area contributed by atoms with E-state index in [9.17, 15) is 9.59 Å². The quantitative estimate of drug-likeness (QED) is 0.288. The zero-order valence-electron chi connectivity index (χ0n) is 22.4. The van der Waals surface area contributed by atoms with Crippen LogP contribution in [0.3, 0.4) is 0 Å². The Morgan fingerprint density at radius 2 is 1.92 bits per heavy atom. The Labute approximate surface area is 232 Å². The van der Waals surface area contributed by atoms with Crippen molar-refractivity contribution in [1.82, 2.24) is 14.9 Å². The van der Waals surface area contributed by atoms with E-state index >= 15 is 0 Å². The maximum absolute atomic E-state index is 13.2. The Hall–Kier alpha value is -4.24. The predicted molar refractivity (Wildman–Crippen MR) is 155 cm³/mol. The number of thiazole rings is 1. The summed E-state index contributed by atoms with van der Waals surface area (Å²) in [6.45, 7) is 8.58. The molecule has 2 aromatic heterocycles. The SMILES string of the molecule is Cc1ccc(NC(=O)c2ccc3c(c2)CN(C(=O)OC(C)(C)C)CC3)cc1Nc1nc(-c2cccnc2)cs1. The van der Waals surface area contributed by atoms with Gasteiger partial charge in [-0.1, -0.05) is 12.1 Å². The molecule has 1 aliphatic heterocycles. The van der Waals surface area contributed by atoms with Gasteiger partial charge in [0, 0.05) is 53.4 Å². The molecule has 0 spiro atoms. The third-order valence-electron chi connectivity index (χ3n) is 6.33. The maximum atomic E-state index is 13.2. The van der Waals surface area contributed by atoms with E-state index in [1.165, 1.54) is 11.3 Å². The highest BCUT2D eigenvalue weighted by atomic mass is 32.1. The van der Waals surface area contributed by atoms with Gasteiger partial charge in [0.2, 0.25) is 0 Å². The smallest absolute Gasteiger partial charge is 0.410 e. The molecule has 0 bridgehead atoms. The second-order valence-corrected chi connectivity index (χ2v) is 11.4. The Morgan fingerprint density at radius 1 is 1.08 bits per heavy atom. The first kappa shape index (κ1) is 26.4. The van der Waals surface area contributed by atoms with Gasteiger partial charge in [-0.15, -0.1) is 11.3 Å². The minimum Gasteiger partial charge on any atom is -0.444 e. The minimum atomic E-state index is -0.554. The number of benzene rings is 2. The summed E-state index contributed by atoms with van der Waals surface area (Å²) in [5.41, 5.74) is 6.46. The molecule has 0 atom stereocenters. The summed E-state index contributed by atoms with van der Waals surface area (Å²) in [5, 5.41) is 9.12. The first-order valence-corrected chi connectivity index (χ1v) is 13.7. The van der Waals surface area contributed by atoms with Gasteiger partial charge in [-0.3, -0.25) is 9.78 Å². The molecule has 9 heteroatoms. The number of rotatable bonds is 5. The molecule has 4 aromatic rings. The van der Waals surface area contributed by atoms with Gasteiger partial charge in [0.15, 0.2) is 5.13 Å². The molecule has 3 heterocycles. The van der Waals surface area contributed by atoms with Crippen molar-refractivity contribution >= 4 is 39.8 Å². The normalized spacial score (nSPS) is 13.0. The molecule has 0 unspecified atom stereocenters. The number of pyridine rings is 1. The summed E-state index contributed by atoms with van der Waals surface area (Å²) in [6, 6.07) is 15.3. The van der Waals surface area contributed by atoms with Crippen molar-refractivity contribution in [3.05, 3.63) is 88.6 Å². The van der Waals surface area contributed by atoms with Crippen LogP contribution in [0.2, 0.25) is 0 Å². The molecule has 8 nitrogen and oxygen atoms in total. The van der Waals surface area contributed by atoms with Crippen LogP contribution in [0, 0.1) is 6.92 Å². The monoisotopic (exact) mass is 541 g/mol. The van der Waals surface area contributed by atoms with Crippen LogP contribution >= 0.6 is 11.3 Å². The molecular weight excluding hydrogens is 510 g/mol. The van der Waals surface area contributed by atoms with Crippen LogP contribution in [-0.2, 0) is 17.7 Å². The van der Waals surface area contributed by atoms with Crippen LogP contribution in [-0.4, -0.2) is 39.0 Å². The van der Waals surface area contributed by atoms with E-state index in [1.54, 1.807) is 17.3 Å². The average molecular weight is 542 g/mol. The fourth-order valence-corrected chi connectivity index (χ4v) is 5.04. The van der Waals surface area contributed by atoms with Crippen molar-refractivity contribution in [2.45, 2.75) is 46.3 Å². The summed E-state index contributed by atoms with van der Waals surface area (Å²) in [4.78, 5) is 36.2. The van der Waals surface area contributed by atoms with Crippen molar-refractivity contribution in [3.63, 3.8) is 0 Å². The van der Waals surface area contributed by atoms with E-state index in [-0.39, 0.29) is 12.0 Å². The van der Waals surface area contributed by atoms with E-state index in [0.29, 0.717) is 24.3 Å². The fourth-order valence-electron chi connectivity index (χ4n) is 4.31.